The Morgan fingerprint density at radius 1 is 1.09 bits per heavy atom. The fourth-order valence-corrected chi connectivity index (χ4v) is 3.81. The lowest BCUT2D eigenvalue weighted by molar-refractivity contribution is -0.124. The standard InChI is InChI=1S/C25H37BN4O5/c1-9-18(29-22(31)20(15(2)3)30-23(32)33-8)21-27-14-19(28-21)16-10-12-17(13-11-16)26-34-24(4,5)25(6,7)35-26/h10-15,18,20H,9H2,1-8H3,(H,27,28)(H,29,31)(H,30,32). The minimum Gasteiger partial charge on any atom is -0.453 e. The van der Waals surface area contributed by atoms with Crippen molar-refractivity contribution in [2.45, 2.75) is 78.2 Å². The summed E-state index contributed by atoms with van der Waals surface area (Å²) in [5.74, 6) is 0.245. The molecule has 0 spiro atoms. The number of hydrogen-bond acceptors (Lipinski definition) is 6. The monoisotopic (exact) mass is 484 g/mol. The predicted molar refractivity (Wildman–Crippen MR) is 135 cm³/mol. The molecule has 2 atom stereocenters. The Balaban J connectivity index is 1.70. The summed E-state index contributed by atoms with van der Waals surface area (Å²) in [6, 6.07) is 6.92. The van der Waals surface area contributed by atoms with E-state index >= 15 is 0 Å². The molecular weight excluding hydrogens is 447 g/mol. The molecule has 10 heteroatoms. The number of ether oxygens (including phenoxy) is 1. The first-order valence-corrected chi connectivity index (χ1v) is 12.0. The maximum absolute atomic E-state index is 12.9. The van der Waals surface area contributed by atoms with Crippen LogP contribution in [0.3, 0.4) is 0 Å². The van der Waals surface area contributed by atoms with Crippen molar-refractivity contribution in [1.29, 1.82) is 0 Å². The van der Waals surface area contributed by atoms with Crippen LogP contribution in [0.1, 0.15) is 66.8 Å². The number of hydrogen-bond donors (Lipinski definition) is 3. The second kappa shape index (κ2) is 10.4. The van der Waals surface area contributed by atoms with Crippen LogP contribution >= 0.6 is 0 Å². The fraction of sp³-hybridized carbons (Fsp3) is 0.560. The molecule has 0 bridgehead atoms. The highest BCUT2D eigenvalue weighted by Gasteiger charge is 2.51. The topological polar surface area (TPSA) is 115 Å². The number of imidazole rings is 1. The molecule has 1 aliphatic heterocycles. The van der Waals surface area contributed by atoms with Crippen molar-refractivity contribution in [3.05, 3.63) is 36.3 Å². The van der Waals surface area contributed by atoms with Gasteiger partial charge in [-0.1, -0.05) is 45.0 Å². The zero-order chi connectivity index (χ0) is 26.0. The molecule has 0 saturated carbocycles. The van der Waals surface area contributed by atoms with Crippen LogP contribution in [0.5, 0.6) is 0 Å². The summed E-state index contributed by atoms with van der Waals surface area (Å²) in [5, 5.41) is 5.58. The van der Waals surface area contributed by atoms with Gasteiger partial charge >= 0.3 is 13.2 Å². The molecule has 3 rings (SSSR count). The van der Waals surface area contributed by atoms with Gasteiger partial charge in [-0.2, -0.15) is 0 Å². The van der Waals surface area contributed by atoms with Crippen molar-refractivity contribution in [2.24, 2.45) is 5.92 Å². The van der Waals surface area contributed by atoms with Crippen LogP contribution in [0.2, 0.25) is 0 Å². The molecule has 1 fully saturated rings. The first-order valence-electron chi connectivity index (χ1n) is 12.0. The van der Waals surface area contributed by atoms with E-state index in [1.807, 2.05) is 72.7 Å². The van der Waals surface area contributed by atoms with Crippen molar-refractivity contribution in [3.8, 4) is 11.3 Å². The highest BCUT2D eigenvalue weighted by atomic mass is 16.7. The maximum Gasteiger partial charge on any atom is 0.494 e. The summed E-state index contributed by atoms with van der Waals surface area (Å²) in [6.45, 7) is 13.8. The van der Waals surface area contributed by atoms with Gasteiger partial charge in [0.25, 0.3) is 0 Å². The van der Waals surface area contributed by atoms with Crippen molar-refractivity contribution in [2.75, 3.05) is 7.11 Å². The van der Waals surface area contributed by atoms with Crippen LogP contribution < -0.4 is 16.1 Å². The molecule has 0 radical (unpaired) electrons. The van der Waals surface area contributed by atoms with Crippen LogP contribution in [-0.2, 0) is 18.8 Å². The summed E-state index contributed by atoms with van der Waals surface area (Å²) < 4.78 is 16.9. The molecule has 190 valence electrons. The van der Waals surface area contributed by atoms with Gasteiger partial charge in [0.2, 0.25) is 5.91 Å². The smallest absolute Gasteiger partial charge is 0.453 e. The molecule has 9 nitrogen and oxygen atoms in total. The summed E-state index contributed by atoms with van der Waals surface area (Å²) >= 11 is 0. The van der Waals surface area contributed by atoms with Gasteiger partial charge in [-0.25, -0.2) is 9.78 Å². The number of aromatic amines is 1. The first kappa shape index (κ1) is 26.8. The van der Waals surface area contributed by atoms with Crippen molar-refractivity contribution in [1.82, 2.24) is 20.6 Å². The van der Waals surface area contributed by atoms with Crippen LogP contribution in [0, 0.1) is 5.92 Å². The Morgan fingerprint density at radius 3 is 2.20 bits per heavy atom. The molecule has 1 aliphatic rings. The van der Waals surface area contributed by atoms with E-state index in [1.54, 1.807) is 6.20 Å². The average molecular weight is 484 g/mol. The van der Waals surface area contributed by atoms with Crippen LogP contribution in [0.25, 0.3) is 11.3 Å². The third kappa shape index (κ3) is 5.87. The minimum atomic E-state index is -0.714. The van der Waals surface area contributed by atoms with Gasteiger partial charge in [0, 0.05) is 0 Å². The molecule has 1 saturated heterocycles. The summed E-state index contributed by atoms with van der Waals surface area (Å²) in [6.07, 6.45) is 1.74. The number of rotatable bonds is 8. The van der Waals surface area contributed by atoms with E-state index in [1.165, 1.54) is 7.11 Å². The van der Waals surface area contributed by atoms with E-state index < -0.39 is 30.5 Å². The van der Waals surface area contributed by atoms with Crippen LogP contribution in [0.4, 0.5) is 4.79 Å². The van der Waals surface area contributed by atoms with E-state index in [4.69, 9.17) is 9.31 Å². The SMILES string of the molecule is CCC(NC(=O)C(NC(=O)OC)C(C)C)c1ncc(-c2ccc(B3OC(C)(C)C(C)(C)O3)cc2)[nH]1. The highest BCUT2D eigenvalue weighted by Crippen LogP contribution is 2.36. The van der Waals surface area contributed by atoms with Gasteiger partial charge in [-0.05, 0) is 51.1 Å². The number of methoxy groups -OCH3 is 1. The first-order chi connectivity index (χ1) is 16.4. The number of carbonyl (C=O) groups excluding carboxylic acids is 2. The largest absolute Gasteiger partial charge is 0.494 e. The second-order valence-electron chi connectivity index (χ2n) is 10.2. The summed E-state index contributed by atoms with van der Waals surface area (Å²) in [4.78, 5) is 32.3. The molecule has 2 unspecified atom stereocenters. The summed E-state index contributed by atoms with van der Waals surface area (Å²) in [5.41, 5.74) is 1.95. The fourth-order valence-electron chi connectivity index (χ4n) is 3.81. The number of aromatic nitrogens is 2. The highest BCUT2D eigenvalue weighted by molar-refractivity contribution is 6.62. The Kier molecular flexibility index (Phi) is 7.96. The molecule has 0 aliphatic carbocycles. The third-order valence-corrected chi connectivity index (χ3v) is 6.81. The second-order valence-corrected chi connectivity index (χ2v) is 10.2. The number of H-pyrrole nitrogens is 1. The molecule has 35 heavy (non-hydrogen) atoms. The Labute approximate surface area is 207 Å². The Morgan fingerprint density at radius 2 is 1.69 bits per heavy atom. The Bertz CT molecular complexity index is 1020. The quantitative estimate of drug-likeness (QED) is 0.496. The van der Waals surface area contributed by atoms with Crippen molar-refractivity contribution in [3.63, 3.8) is 0 Å². The number of benzene rings is 1. The van der Waals surface area contributed by atoms with Gasteiger partial charge in [0.05, 0.1) is 36.2 Å². The van der Waals surface area contributed by atoms with Gasteiger partial charge in [0.15, 0.2) is 0 Å². The predicted octanol–water partition coefficient (Wildman–Crippen LogP) is 3.32. The average Bonchev–Trinajstić information content (AvgIpc) is 3.37. The van der Waals surface area contributed by atoms with E-state index in [0.29, 0.717) is 12.2 Å². The summed E-state index contributed by atoms with van der Waals surface area (Å²) in [7, 11) is 0.852. The van der Waals surface area contributed by atoms with Crippen LogP contribution in [0.15, 0.2) is 30.5 Å². The number of amides is 2. The number of nitrogens with one attached hydrogen (secondary N) is 3. The van der Waals surface area contributed by atoms with Crippen molar-refractivity contribution < 1.29 is 23.6 Å². The number of carbonyl (C=O) groups is 2. The molecule has 3 N–H and O–H groups in total. The third-order valence-electron chi connectivity index (χ3n) is 6.81. The Hall–Kier alpha value is -2.85. The van der Waals surface area contributed by atoms with Crippen molar-refractivity contribution >= 4 is 24.6 Å². The maximum atomic E-state index is 12.9. The molecule has 2 amide bonds. The lowest BCUT2D eigenvalue weighted by Gasteiger charge is -2.32. The van der Waals surface area contributed by atoms with Gasteiger partial charge in [-0.15, -0.1) is 0 Å². The number of alkyl carbamates (subject to hydrolysis) is 1. The lowest BCUT2D eigenvalue weighted by atomic mass is 9.79. The van der Waals surface area contributed by atoms with Gasteiger partial charge in [0.1, 0.15) is 11.9 Å². The van der Waals surface area contributed by atoms with E-state index in [0.717, 1.165) is 16.7 Å². The zero-order valence-electron chi connectivity index (χ0n) is 21.9. The van der Waals surface area contributed by atoms with E-state index in [2.05, 4.69) is 25.3 Å². The van der Waals surface area contributed by atoms with Gasteiger partial charge in [-0.3, -0.25) is 4.79 Å². The lowest BCUT2D eigenvalue weighted by Crippen LogP contribution is -2.50. The molecule has 2 aromatic rings. The van der Waals surface area contributed by atoms with Crippen LogP contribution in [-0.4, -0.2) is 53.4 Å². The molecule has 2 heterocycles. The minimum absolute atomic E-state index is 0.110. The zero-order valence-corrected chi connectivity index (χ0v) is 21.9. The molecule has 1 aromatic heterocycles. The van der Waals surface area contributed by atoms with E-state index in [-0.39, 0.29) is 17.9 Å². The number of nitrogens with zero attached hydrogens (tertiary/aromatic N) is 1. The van der Waals surface area contributed by atoms with E-state index in [9.17, 15) is 9.59 Å². The normalized spacial score (nSPS) is 18.3. The molecule has 1 aromatic carbocycles. The molecular formula is C25H37BN4O5. The van der Waals surface area contributed by atoms with Gasteiger partial charge < -0.3 is 29.7 Å².